The van der Waals surface area contributed by atoms with Crippen molar-refractivity contribution in [2.45, 2.75) is 44.6 Å². The Bertz CT molecular complexity index is 1290. The van der Waals surface area contributed by atoms with Crippen LogP contribution in [0.15, 0.2) is 97.7 Å². The summed E-state index contributed by atoms with van der Waals surface area (Å²) < 4.78 is 2.55. The third-order valence-corrected chi connectivity index (χ3v) is 7.80. The van der Waals surface area contributed by atoms with Gasteiger partial charge in [-0.3, -0.25) is 0 Å². The first-order chi connectivity index (χ1) is 15.1. The summed E-state index contributed by atoms with van der Waals surface area (Å²) in [6.45, 7) is 11.4. The number of benzene rings is 3. The van der Waals surface area contributed by atoms with Crippen LogP contribution in [-0.4, -0.2) is 0 Å². The van der Waals surface area contributed by atoms with Crippen LogP contribution in [0.3, 0.4) is 0 Å². The van der Waals surface area contributed by atoms with E-state index in [9.17, 15) is 0 Å². The van der Waals surface area contributed by atoms with Gasteiger partial charge in [0.05, 0.1) is 21.9 Å². The van der Waals surface area contributed by atoms with Crippen molar-refractivity contribution in [3.63, 3.8) is 0 Å². The lowest BCUT2D eigenvalue weighted by Gasteiger charge is -2.46. The van der Waals surface area contributed by atoms with Crippen LogP contribution in [0.2, 0.25) is 0 Å². The van der Waals surface area contributed by atoms with Gasteiger partial charge in [0.2, 0.25) is 5.69 Å². The van der Waals surface area contributed by atoms with Crippen molar-refractivity contribution in [3.05, 3.63) is 103 Å². The number of hydrogen-bond donors (Lipinski definition) is 0. The molecule has 2 heterocycles. The first-order valence-corrected chi connectivity index (χ1v) is 11.4. The summed E-state index contributed by atoms with van der Waals surface area (Å²) in [5, 5.41) is 2.60. The molecular formula is C30H30N+. The van der Waals surface area contributed by atoms with Crippen molar-refractivity contribution in [2.75, 3.05) is 0 Å². The van der Waals surface area contributed by atoms with Gasteiger partial charge in [0, 0.05) is 11.8 Å². The molecule has 0 fully saturated rings. The standard InChI is InChI=1S/C30H30N/c1-5-29(4)27-20-14-13-19-25(27)28-24-18-12-11-17-23(24)26(22-15-9-8-10-16-22)21-31(28)30(29,6-2)7-3/h6,8-21H,2,5,7H2,1,3-4H3/q+1. The Hall–Kier alpha value is -3.19. The van der Waals surface area contributed by atoms with Crippen LogP contribution in [0.5, 0.6) is 0 Å². The zero-order chi connectivity index (χ0) is 21.6. The number of pyridine rings is 1. The van der Waals surface area contributed by atoms with Crippen molar-refractivity contribution in [3.8, 4) is 22.4 Å². The highest BCUT2D eigenvalue weighted by Crippen LogP contribution is 2.51. The van der Waals surface area contributed by atoms with Crippen LogP contribution in [-0.2, 0) is 11.0 Å². The molecule has 0 saturated heterocycles. The fraction of sp³-hybridized carbons (Fsp3) is 0.233. The average molecular weight is 405 g/mol. The number of rotatable bonds is 4. The Balaban J connectivity index is 2.02. The molecule has 1 nitrogen and oxygen atoms in total. The van der Waals surface area contributed by atoms with Gasteiger partial charge in [0.1, 0.15) is 0 Å². The minimum Gasteiger partial charge on any atom is -0.187 e. The highest BCUT2D eigenvalue weighted by Gasteiger charge is 2.58. The summed E-state index contributed by atoms with van der Waals surface area (Å²) in [7, 11) is 0. The van der Waals surface area contributed by atoms with Crippen molar-refractivity contribution >= 4 is 10.8 Å². The predicted octanol–water partition coefficient (Wildman–Crippen LogP) is 7.43. The lowest BCUT2D eigenvalue weighted by atomic mass is 9.59. The normalized spacial score (nSPS) is 22.0. The fourth-order valence-corrected chi connectivity index (χ4v) is 5.95. The Morgan fingerprint density at radius 2 is 1.42 bits per heavy atom. The zero-order valence-electron chi connectivity index (χ0n) is 18.7. The number of nitrogens with zero attached hydrogens (tertiary/aromatic N) is 1. The second kappa shape index (κ2) is 7.20. The maximum atomic E-state index is 4.40. The lowest BCUT2D eigenvalue weighted by molar-refractivity contribution is -0.754. The molecule has 2 unspecified atom stereocenters. The van der Waals surface area contributed by atoms with Gasteiger partial charge in [-0.15, -0.1) is 0 Å². The second-order valence-electron chi connectivity index (χ2n) is 8.89. The van der Waals surface area contributed by atoms with Crippen molar-refractivity contribution in [1.82, 2.24) is 0 Å². The molecule has 0 spiro atoms. The number of fused-ring (bicyclic) bond motifs is 5. The molecule has 1 aliphatic rings. The van der Waals surface area contributed by atoms with Gasteiger partial charge < -0.3 is 0 Å². The maximum absolute atomic E-state index is 4.40. The van der Waals surface area contributed by atoms with Crippen LogP contribution < -0.4 is 4.57 Å². The summed E-state index contributed by atoms with van der Waals surface area (Å²) in [5.74, 6) is 0. The van der Waals surface area contributed by atoms with E-state index in [1.807, 2.05) is 0 Å². The Morgan fingerprint density at radius 3 is 2.10 bits per heavy atom. The Labute approximate surface area is 185 Å². The van der Waals surface area contributed by atoms with E-state index in [4.69, 9.17) is 0 Å². The molecular weight excluding hydrogens is 374 g/mol. The summed E-state index contributed by atoms with van der Waals surface area (Å²) in [5.41, 5.74) is 6.34. The van der Waals surface area contributed by atoms with Crippen LogP contribution >= 0.6 is 0 Å². The third kappa shape index (κ3) is 2.53. The minimum absolute atomic E-state index is 0.0474. The van der Waals surface area contributed by atoms with E-state index < -0.39 is 0 Å². The molecule has 5 rings (SSSR count). The summed E-state index contributed by atoms with van der Waals surface area (Å²) in [6, 6.07) is 28.6. The van der Waals surface area contributed by atoms with Crippen molar-refractivity contribution in [2.24, 2.45) is 0 Å². The van der Waals surface area contributed by atoms with Gasteiger partial charge in [-0.25, -0.2) is 0 Å². The fourth-order valence-electron chi connectivity index (χ4n) is 5.95. The van der Waals surface area contributed by atoms with E-state index in [1.54, 1.807) is 0 Å². The molecule has 2 atom stereocenters. The third-order valence-electron chi connectivity index (χ3n) is 7.80. The van der Waals surface area contributed by atoms with Crippen LogP contribution in [0.1, 0.15) is 39.2 Å². The van der Waals surface area contributed by atoms with E-state index in [-0.39, 0.29) is 11.0 Å². The van der Waals surface area contributed by atoms with E-state index in [0.29, 0.717) is 0 Å². The first-order valence-electron chi connectivity index (χ1n) is 11.4. The second-order valence-corrected chi connectivity index (χ2v) is 8.89. The smallest absolute Gasteiger partial charge is 0.187 e. The van der Waals surface area contributed by atoms with Crippen molar-refractivity contribution < 1.29 is 4.57 Å². The van der Waals surface area contributed by atoms with Crippen LogP contribution in [0.4, 0.5) is 0 Å². The monoisotopic (exact) mass is 404 g/mol. The molecule has 4 aromatic rings. The Kier molecular flexibility index (Phi) is 4.59. The number of aromatic nitrogens is 1. The molecule has 1 aromatic heterocycles. The van der Waals surface area contributed by atoms with Gasteiger partial charge in [-0.1, -0.05) is 87.2 Å². The Morgan fingerprint density at radius 1 is 0.774 bits per heavy atom. The molecule has 0 saturated carbocycles. The van der Waals surface area contributed by atoms with Gasteiger partial charge in [0.25, 0.3) is 0 Å². The molecule has 0 bridgehead atoms. The highest BCUT2D eigenvalue weighted by atomic mass is 15.1. The summed E-state index contributed by atoms with van der Waals surface area (Å²) >= 11 is 0. The summed E-state index contributed by atoms with van der Waals surface area (Å²) in [4.78, 5) is 0. The molecule has 154 valence electrons. The molecule has 3 aromatic carbocycles. The van der Waals surface area contributed by atoms with Gasteiger partial charge in [0.15, 0.2) is 11.7 Å². The maximum Gasteiger partial charge on any atom is 0.221 e. The van der Waals surface area contributed by atoms with Gasteiger partial charge >= 0.3 is 0 Å². The molecule has 1 heteroatoms. The van der Waals surface area contributed by atoms with Gasteiger partial charge in [-0.2, -0.15) is 4.57 Å². The SMILES string of the molecule is C=CC1(CC)[n+]2cc(-c3ccccc3)c3ccccc3c2-c2ccccc2C1(C)CC. The minimum atomic E-state index is -0.209. The van der Waals surface area contributed by atoms with Crippen LogP contribution in [0.25, 0.3) is 33.2 Å². The average Bonchev–Trinajstić information content (AvgIpc) is 2.84. The molecule has 1 aliphatic heterocycles. The van der Waals surface area contributed by atoms with E-state index in [0.717, 1.165) is 12.8 Å². The first kappa shape index (κ1) is 19.8. The van der Waals surface area contributed by atoms with E-state index in [1.165, 1.54) is 38.7 Å². The molecule has 0 amide bonds. The summed E-state index contributed by atoms with van der Waals surface area (Å²) in [6.07, 6.45) is 6.63. The van der Waals surface area contributed by atoms with E-state index in [2.05, 4.69) is 123 Å². The number of hydrogen-bond acceptors (Lipinski definition) is 0. The zero-order valence-corrected chi connectivity index (χ0v) is 18.7. The molecule has 31 heavy (non-hydrogen) atoms. The van der Waals surface area contributed by atoms with Gasteiger partial charge in [-0.05, 0) is 42.7 Å². The van der Waals surface area contributed by atoms with Crippen LogP contribution in [0, 0.1) is 0 Å². The topological polar surface area (TPSA) is 3.88 Å². The molecule has 0 aliphatic carbocycles. The highest BCUT2D eigenvalue weighted by molar-refractivity contribution is 6.02. The number of allylic oxidation sites excluding steroid dienone is 1. The quantitative estimate of drug-likeness (QED) is 0.246. The lowest BCUT2D eigenvalue weighted by Crippen LogP contribution is -2.68. The molecule has 0 radical (unpaired) electrons. The predicted molar refractivity (Wildman–Crippen MR) is 131 cm³/mol. The van der Waals surface area contributed by atoms with Crippen molar-refractivity contribution in [1.29, 1.82) is 0 Å². The largest absolute Gasteiger partial charge is 0.221 e. The molecule has 0 N–H and O–H groups in total. The van der Waals surface area contributed by atoms with E-state index >= 15 is 0 Å².